The summed E-state index contributed by atoms with van der Waals surface area (Å²) in [5, 5.41) is 0. The molecular weight excluding hydrogens is 220 g/mol. The van der Waals surface area contributed by atoms with E-state index in [0.29, 0.717) is 6.04 Å². The van der Waals surface area contributed by atoms with Crippen molar-refractivity contribution in [2.45, 2.75) is 51.9 Å². The molecule has 3 nitrogen and oxygen atoms in total. The summed E-state index contributed by atoms with van der Waals surface area (Å²) in [6.45, 7) is 13.8. The van der Waals surface area contributed by atoms with E-state index in [4.69, 9.17) is 13.3 Å². The molecule has 1 rings (SSSR count). The molecule has 1 heterocycles. The van der Waals surface area contributed by atoms with Crippen LogP contribution in [-0.2, 0) is 13.3 Å². The van der Waals surface area contributed by atoms with E-state index in [1.165, 1.54) is 0 Å². The molecule has 1 aliphatic heterocycles. The molecule has 0 aromatic heterocycles. The van der Waals surface area contributed by atoms with Crippen molar-refractivity contribution in [2.75, 3.05) is 0 Å². The summed E-state index contributed by atoms with van der Waals surface area (Å²) < 4.78 is 17.8. The van der Waals surface area contributed by atoms with Crippen LogP contribution in [-0.4, -0.2) is 20.0 Å². The standard InChI is InChI=1S/C12H22O3Si/c1-7-9-13-16(10-8-2)14-11(3,4)12(5,6)15-16/h7-9H,2,10H2,1,3-6H3. The molecule has 0 aromatic rings. The maximum atomic E-state index is 6.07. The highest BCUT2D eigenvalue weighted by molar-refractivity contribution is 6.62. The van der Waals surface area contributed by atoms with Crippen LogP contribution in [0.2, 0.25) is 6.04 Å². The topological polar surface area (TPSA) is 27.7 Å². The van der Waals surface area contributed by atoms with Crippen molar-refractivity contribution < 1.29 is 13.3 Å². The van der Waals surface area contributed by atoms with Crippen molar-refractivity contribution in [1.82, 2.24) is 0 Å². The summed E-state index contributed by atoms with van der Waals surface area (Å²) in [6, 6.07) is 0.629. The highest BCUT2D eigenvalue weighted by Crippen LogP contribution is 2.43. The smallest absolute Gasteiger partial charge is 0.508 e. The molecule has 4 heteroatoms. The van der Waals surface area contributed by atoms with E-state index < -0.39 is 8.80 Å². The van der Waals surface area contributed by atoms with E-state index in [9.17, 15) is 0 Å². The normalized spacial score (nSPS) is 25.8. The van der Waals surface area contributed by atoms with Crippen molar-refractivity contribution in [3.63, 3.8) is 0 Å². The second kappa shape index (κ2) is 4.35. The van der Waals surface area contributed by atoms with Crippen LogP contribution in [0.1, 0.15) is 34.6 Å². The second-order valence-electron chi connectivity index (χ2n) is 4.99. The van der Waals surface area contributed by atoms with Gasteiger partial charge in [0.25, 0.3) is 0 Å². The molecule has 0 atom stereocenters. The Kier molecular flexibility index (Phi) is 3.67. The Morgan fingerprint density at radius 3 is 2.06 bits per heavy atom. The van der Waals surface area contributed by atoms with E-state index in [-0.39, 0.29) is 11.2 Å². The van der Waals surface area contributed by atoms with Crippen molar-refractivity contribution in [3.05, 3.63) is 25.0 Å². The maximum absolute atomic E-state index is 6.07. The molecule has 0 saturated carbocycles. The molecule has 1 aliphatic rings. The first kappa shape index (κ1) is 13.5. The minimum absolute atomic E-state index is 0.343. The van der Waals surface area contributed by atoms with Gasteiger partial charge in [-0.3, -0.25) is 0 Å². The first-order chi connectivity index (χ1) is 7.29. The van der Waals surface area contributed by atoms with E-state index in [0.717, 1.165) is 0 Å². The van der Waals surface area contributed by atoms with Gasteiger partial charge in [-0.25, -0.2) is 0 Å². The minimum atomic E-state index is -2.63. The monoisotopic (exact) mass is 242 g/mol. The molecule has 0 amide bonds. The fourth-order valence-corrected chi connectivity index (χ4v) is 4.72. The molecule has 92 valence electrons. The molecule has 1 fully saturated rings. The van der Waals surface area contributed by atoms with Gasteiger partial charge < -0.3 is 13.3 Å². The fraction of sp³-hybridized carbons (Fsp3) is 0.667. The molecule has 0 aromatic carbocycles. The maximum Gasteiger partial charge on any atom is 0.570 e. The van der Waals surface area contributed by atoms with Gasteiger partial charge in [-0.2, -0.15) is 0 Å². The first-order valence-electron chi connectivity index (χ1n) is 5.59. The Bertz CT molecular complexity index is 279. The number of rotatable bonds is 4. The predicted molar refractivity (Wildman–Crippen MR) is 67.0 cm³/mol. The molecule has 0 unspecified atom stereocenters. The van der Waals surface area contributed by atoms with Crippen LogP contribution in [0.15, 0.2) is 25.0 Å². The van der Waals surface area contributed by atoms with Gasteiger partial charge in [-0.05, 0) is 34.6 Å². The van der Waals surface area contributed by atoms with Crippen LogP contribution in [0, 0.1) is 0 Å². The number of allylic oxidation sites excluding steroid dienone is 2. The zero-order valence-electron chi connectivity index (χ0n) is 10.9. The molecule has 1 saturated heterocycles. The largest absolute Gasteiger partial charge is 0.570 e. The lowest BCUT2D eigenvalue weighted by Gasteiger charge is -2.31. The van der Waals surface area contributed by atoms with E-state index in [2.05, 4.69) is 6.58 Å². The Hall–Kier alpha value is -0.583. The van der Waals surface area contributed by atoms with Crippen molar-refractivity contribution >= 4 is 8.80 Å². The quantitative estimate of drug-likeness (QED) is 0.430. The summed E-state index contributed by atoms with van der Waals surface area (Å²) in [5.74, 6) is 0. The van der Waals surface area contributed by atoms with Gasteiger partial charge in [0.1, 0.15) is 0 Å². The summed E-state index contributed by atoms with van der Waals surface area (Å²) in [7, 11) is -2.63. The average molecular weight is 242 g/mol. The van der Waals surface area contributed by atoms with Gasteiger partial charge in [0.05, 0.1) is 17.5 Å². The fourth-order valence-electron chi connectivity index (χ4n) is 1.57. The number of hydrogen-bond donors (Lipinski definition) is 0. The Balaban J connectivity index is 2.94. The van der Waals surface area contributed by atoms with E-state index in [1.54, 1.807) is 12.3 Å². The summed E-state index contributed by atoms with van der Waals surface area (Å²) in [6.07, 6.45) is 5.28. The van der Waals surface area contributed by atoms with Crippen LogP contribution in [0.4, 0.5) is 0 Å². The van der Waals surface area contributed by atoms with E-state index >= 15 is 0 Å². The van der Waals surface area contributed by atoms with Crippen molar-refractivity contribution in [1.29, 1.82) is 0 Å². The predicted octanol–water partition coefficient (Wildman–Crippen LogP) is 3.27. The van der Waals surface area contributed by atoms with Gasteiger partial charge in [-0.1, -0.05) is 12.2 Å². The summed E-state index contributed by atoms with van der Waals surface area (Å²) in [5.41, 5.74) is -0.687. The van der Waals surface area contributed by atoms with Gasteiger partial charge in [0, 0.05) is 6.04 Å². The summed E-state index contributed by atoms with van der Waals surface area (Å²) in [4.78, 5) is 0. The van der Waals surface area contributed by atoms with Crippen LogP contribution in [0.5, 0.6) is 0 Å². The Labute approximate surface area is 99.5 Å². The molecule has 0 aliphatic carbocycles. The van der Waals surface area contributed by atoms with E-state index in [1.807, 2.05) is 40.7 Å². The molecule has 0 spiro atoms. The van der Waals surface area contributed by atoms with Crippen molar-refractivity contribution in [2.24, 2.45) is 0 Å². The van der Waals surface area contributed by atoms with Crippen LogP contribution in [0.25, 0.3) is 0 Å². The van der Waals surface area contributed by atoms with Gasteiger partial charge in [-0.15, -0.1) is 6.58 Å². The third-order valence-corrected chi connectivity index (χ3v) is 5.98. The molecular formula is C12H22O3Si. The minimum Gasteiger partial charge on any atom is -0.508 e. The second-order valence-corrected chi connectivity index (χ2v) is 7.41. The van der Waals surface area contributed by atoms with Crippen LogP contribution >= 0.6 is 0 Å². The highest BCUT2D eigenvalue weighted by Gasteiger charge is 2.62. The highest BCUT2D eigenvalue weighted by atomic mass is 28.4. The van der Waals surface area contributed by atoms with Crippen LogP contribution in [0.3, 0.4) is 0 Å². The lowest BCUT2D eigenvalue weighted by molar-refractivity contribution is 0.00578. The lowest BCUT2D eigenvalue weighted by atomic mass is 9.90. The zero-order valence-corrected chi connectivity index (χ0v) is 11.9. The average Bonchev–Trinajstić information content (AvgIpc) is 2.30. The third-order valence-electron chi connectivity index (χ3n) is 3.05. The van der Waals surface area contributed by atoms with Gasteiger partial charge >= 0.3 is 8.80 Å². The molecule has 0 bridgehead atoms. The van der Waals surface area contributed by atoms with Gasteiger partial charge in [0.15, 0.2) is 0 Å². The zero-order chi connectivity index (χ0) is 12.4. The molecule has 16 heavy (non-hydrogen) atoms. The molecule has 0 N–H and O–H groups in total. The SMILES string of the molecule is C=CC[Si]1(OC=CC)OC(C)(C)C(C)(C)O1. The van der Waals surface area contributed by atoms with Crippen molar-refractivity contribution in [3.8, 4) is 0 Å². The Morgan fingerprint density at radius 2 is 1.69 bits per heavy atom. The Morgan fingerprint density at radius 1 is 1.19 bits per heavy atom. The lowest BCUT2D eigenvalue weighted by Crippen LogP contribution is -2.41. The van der Waals surface area contributed by atoms with Crippen LogP contribution < -0.4 is 0 Å². The third kappa shape index (κ3) is 2.39. The van der Waals surface area contributed by atoms with Gasteiger partial charge in [0.2, 0.25) is 0 Å². The molecule has 0 radical (unpaired) electrons. The number of hydrogen-bond acceptors (Lipinski definition) is 3. The summed E-state index contributed by atoms with van der Waals surface area (Å²) >= 11 is 0. The first-order valence-corrected chi connectivity index (χ1v) is 7.52.